The summed E-state index contributed by atoms with van der Waals surface area (Å²) < 4.78 is 0. The fraction of sp³-hybridized carbons (Fsp3) is 0.833. The van der Waals surface area contributed by atoms with Crippen LogP contribution in [0.25, 0.3) is 0 Å². The summed E-state index contributed by atoms with van der Waals surface area (Å²) in [7, 11) is 0. The van der Waals surface area contributed by atoms with Crippen LogP contribution in [-0.2, 0) is 29.4 Å². The Kier molecular flexibility index (Phi) is 7.54. The van der Waals surface area contributed by atoms with E-state index in [0.717, 1.165) is 0 Å². The first kappa shape index (κ1) is 16.9. The highest BCUT2D eigenvalue weighted by Crippen LogP contribution is 2.29. The van der Waals surface area contributed by atoms with Crippen LogP contribution in [0, 0.1) is 11.3 Å². The first-order valence-electron chi connectivity index (χ1n) is 6.07. The zero-order valence-electron chi connectivity index (χ0n) is 11.6. The molecule has 0 radical (unpaired) electrons. The minimum absolute atomic E-state index is 0.205. The van der Waals surface area contributed by atoms with Gasteiger partial charge in [-0.25, -0.2) is 9.59 Å². The van der Waals surface area contributed by atoms with Crippen molar-refractivity contribution in [3.05, 3.63) is 0 Å². The Balaban J connectivity index is 3.93. The SMILES string of the molecule is CCCC(=O)OOOOC(=O)C(CC)C(C)(C)C. The Morgan fingerprint density at radius 3 is 2.06 bits per heavy atom. The highest BCUT2D eigenvalue weighted by Gasteiger charge is 2.32. The maximum Gasteiger partial charge on any atom is 0.349 e. The van der Waals surface area contributed by atoms with Gasteiger partial charge in [0.25, 0.3) is 0 Å². The van der Waals surface area contributed by atoms with E-state index in [9.17, 15) is 9.59 Å². The predicted octanol–water partition coefficient (Wildman–Crippen LogP) is 2.72. The monoisotopic (exact) mass is 262 g/mol. The van der Waals surface area contributed by atoms with E-state index in [1.54, 1.807) is 0 Å². The van der Waals surface area contributed by atoms with Crippen LogP contribution < -0.4 is 0 Å². The third-order valence-corrected chi connectivity index (χ3v) is 2.46. The molecule has 0 spiro atoms. The van der Waals surface area contributed by atoms with Gasteiger partial charge in [0, 0.05) is 16.5 Å². The van der Waals surface area contributed by atoms with Crippen LogP contribution in [0.2, 0.25) is 0 Å². The summed E-state index contributed by atoms with van der Waals surface area (Å²) in [5.74, 6) is -1.47. The molecule has 0 aliphatic carbocycles. The van der Waals surface area contributed by atoms with E-state index >= 15 is 0 Å². The van der Waals surface area contributed by atoms with E-state index in [0.29, 0.717) is 12.8 Å². The Bertz CT molecular complexity index is 268. The molecule has 0 aliphatic heterocycles. The van der Waals surface area contributed by atoms with Gasteiger partial charge in [-0.1, -0.05) is 34.6 Å². The molecule has 6 heteroatoms. The third kappa shape index (κ3) is 6.56. The molecular weight excluding hydrogens is 240 g/mol. The lowest BCUT2D eigenvalue weighted by molar-refractivity contribution is -0.601. The molecule has 0 fully saturated rings. The number of rotatable bonds is 7. The molecule has 0 heterocycles. The largest absolute Gasteiger partial charge is 0.349 e. The molecule has 6 nitrogen and oxygen atoms in total. The van der Waals surface area contributed by atoms with Crippen LogP contribution >= 0.6 is 0 Å². The minimum Gasteiger partial charge on any atom is -0.266 e. The van der Waals surface area contributed by atoms with Gasteiger partial charge in [0.05, 0.1) is 5.92 Å². The zero-order chi connectivity index (χ0) is 14.2. The summed E-state index contributed by atoms with van der Waals surface area (Å²) in [4.78, 5) is 31.1. The van der Waals surface area contributed by atoms with E-state index in [-0.39, 0.29) is 17.8 Å². The van der Waals surface area contributed by atoms with Crippen molar-refractivity contribution in [1.82, 2.24) is 0 Å². The molecule has 0 N–H and O–H groups in total. The van der Waals surface area contributed by atoms with Crippen LogP contribution in [0.4, 0.5) is 0 Å². The lowest BCUT2D eigenvalue weighted by atomic mass is 9.79. The molecule has 0 saturated carbocycles. The van der Waals surface area contributed by atoms with Crippen LogP contribution in [-0.4, -0.2) is 11.9 Å². The quantitative estimate of drug-likeness (QED) is 0.399. The average molecular weight is 262 g/mol. The van der Waals surface area contributed by atoms with E-state index < -0.39 is 11.9 Å². The fourth-order valence-electron chi connectivity index (χ4n) is 1.54. The topological polar surface area (TPSA) is 71.1 Å². The molecule has 0 rings (SSSR count). The molecule has 0 bridgehead atoms. The second-order valence-electron chi connectivity index (χ2n) is 5.07. The molecular formula is C12H22O6. The van der Waals surface area contributed by atoms with Gasteiger partial charge in [0.1, 0.15) is 0 Å². The van der Waals surface area contributed by atoms with Gasteiger partial charge in [-0.15, -0.1) is 0 Å². The van der Waals surface area contributed by atoms with E-state index in [1.807, 2.05) is 34.6 Å². The summed E-state index contributed by atoms with van der Waals surface area (Å²) in [6.45, 7) is 9.45. The molecule has 1 unspecified atom stereocenters. The molecule has 106 valence electrons. The maximum atomic E-state index is 11.6. The molecule has 0 aliphatic rings. The Morgan fingerprint density at radius 1 is 1.06 bits per heavy atom. The second-order valence-corrected chi connectivity index (χ2v) is 5.07. The molecule has 0 aromatic carbocycles. The van der Waals surface area contributed by atoms with Crippen LogP contribution in [0.15, 0.2) is 0 Å². The number of hydrogen-bond acceptors (Lipinski definition) is 6. The summed E-state index contributed by atoms with van der Waals surface area (Å²) >= 11 is 0. The second kappa shape index (κ2) is 8.05. The molecule has 0 aromatic rings. The zero-order valence-corrected chi connectivity index (χ0v) is 11.6. The summed E-state index contributed by atoms with van der Waals surface area (Å²) in [5.41, 5.74) is -0.242. The standard InChI is InChI=1S/C12H22O6/c1-6-8-10(13)15-17-18-16-11(14)9(7-2)12(3,4)5/h9H,6-8H2,1-5H3. The average Bonchev–Trinajstić information content (AvgIpc) is 2.23. The Labute approximate surface area is 107 Å². The van der Waals surface area contributed by atoms with Crippen molar-refractivity contribution in [3.8, 4) is 0 Å². The molecule has 18 heavy (non-hydrogen) atoms. The predicted molar refractivity (Wildman–Crippen MR) is 62.5 cm³/mol. The van der Waals surface area contributed by atoms with Gasteiger partial charge >= 0.3 is 11.9 Å². The number of carbonyl (C=O) groups excluding carboxylic acids is 2. The molecule has 1 atom stereocenters. The van der Waals surface area contributed by atoms with Crippen molar-refractivity contribution >= 4 is 11.9 Å². The number of hydrogen-bond donors (Lipinski definition) is 0. The minimum atomic E-state index is -0.587. The first-order valence-corrected chi connectivity index (χ1v) is 6.07. The molecule has 0 aromatic heterocycles. The van der Waals surface area contributed by atoms with Crippen LogP contribution in [0.3, 0.4) is 0 Å². The van der Waals surface area contributed by atoms with Crippen LogP contribution in [0.1, 0.15) is 53.9 Å². The van der Waals surface area contributed by atoms with Gasteiger partial charge in [-0.3, -0.25) is 9.78 Å². The van der Waals surface area contributed by atoms with Crippen molar-refractivity contribution in [2.24, 2.45) is 11.3 Å². The molecule has 0 amide bonds. The lowest BCUT2D eigenvalue weighted by Gasteiger charge is -2.26. The van der Waals surface area contributed by atoms with Crippen LogP contribution in [0.5, 0.6) is 0 Å². The lowest BCUT2D eigenvalue weighted by Crippen LogP contribution is -2.29. The van der Waals surface area contributed by atoms with Crippen molar-refractivity contribution in [3.63, 3.8) is 0 Å². The number of carbonyl (C=O) groups is 2. The van der Waals surface area contributed by atoms with E-state index in [1.165, 1.54) is 0 Å². The van der Waals surface area contributed by atoms with Crippen molar-refractivity contribution in [2.75, 3.05) is 0 Å². The Hall–Kier alpha value is -1.14. The molecule has 0 saturated heterocycles. The van der Waals surface area contributed by atoms with Gasteiger partial charge in [-0.05, 0) is 18.3 Å². The van der Waals surface area contributed by atoms with Gasteiger partial charge < -0.3 is 0 Å². The van der Waals surface area contributed by atoms with Gasteiger partial charge in [0.15, 0.2) is 0 Å². The third-order valence-electron chi connectivity index (χ3n) is 2.46. The normalized spacial score (nSPS) is 12.9. The van der Waals surface area contributed by atoms with Crippen molar-refractivity contribution in [2.45, 2.75) is 53.9 Å². The smallest absolute Gasteiger partial charge is 0.266 e. The highest BCUT2D eigenvalue weighted by atomic mass is 17.7. The Morgan fingerprint density at radius 2 is 1.61 bits per heavy atom. The highest BCUT2D eigenvalue weighted by molar-refractivity contribution is 5.72. The van der Waals surface area contributed by atoms with Gasteiger partial charge in [0.2, 0.25) is 0 Å². The summed E-state index contributed by atoms with van der Waals surface area (Å²) in [6, 6.07) is 0. The van der Waals surface area contributed by atoms with Crippen molar-refractivity contribution < 1.29 is 29.4 Å². The van der Waals surface area contributed by atoms with Gasteiger partial charge in [-0.2, -0.15) is 0 Å². The summed E-state index contributed by atoms with van der Waals surface area (Å²) in [6.07, 6.45) is 1.45. The first-order chi connectivity index (χ1) is 8.32. The maximum absolute atomic E-state index is 11.6. The van der Waals surface area contributed by atoms with Crippen molar-refractivity contribution in [1.29, 1.82) is 0 Å². The van der Waals surface area contributed by atoms with E-state index in [4.69, 9.17) is 0 Å². The fourth-order valence-corrected chi connectivity index (χ4v) is 1.54. The summed E-state index contributed by atoms with van der Waals surface area (Å²) in [5, 5.41) is 8.13. The van der Waals surface area contributed by atoms with E-state index in [2.05, 4.69) is 19.9 Å².